The summed E-state index contributed by atoms with van der Waals surface area (Å²) in [5, 5.41) is 13.5. The number of carbonyl (C=O) groups excluding carboxylic acids is 5. The Balaban J connectivity index is 0.744. The molecule has 328 valence electrons. The predicted molar refractivity (Wildman–Crippen MR) is 222 cm³/mol. The van der Waals surface area contributed by atoms with Crippen LogP contribution in [0.15, 0.2) is 42.9 Å². The maximum absolute atomic E-state index is 14.3. The van der Waals surface area contributed by atoms with Crippen molar-refractivity contribution in [3.05, 3.63) is 65.2 Å². The number of anilines is 3. The number of alkyl halides is 2. The topological polar surface area (TPSA) is 180 Å². The van der Waals surface area contributed by atoms with Crippen LogP contribution in [0, 0.1) is 11.8 Å². The number of ether oxygens (including phenoxy) is 1. The number of hydrogen-bond donors (Lipinski definition) is 2. The molecule has 0 spiro atoms. The van der Waals surface area contributed by atoms with Crippen LogP contribution in [0.2, 0.25) is 0 Å². The fourth-order valence-corrected chi connectivity index (χ4v) is 9.78. The number of rotatable bonds is 12. The van der Waals surface area contributed by atoms with E-state index in [1.54, 1.807) is 23.0 Å². The minimum Gasteiger partial charge on any atom is -0.378 e. The summed E-state index contributed by atoms with van der Waals surface area (Å²) in [6, 6.07) is 6.04. The minimum absolute atomic E-state index is 0.0194. The molecule has 7 heterocycles. The van der Waals surface area contributed by atoms with Crippen molar-refractivity contribution >= 4 is 52.4 Å². The zero-order valence-corrected chi connectivity index (χ0v) is 34.7. The van der Waals surface area contributed by atoms with Gasteiger partial charge in [-0.05, 0) is 95.0 Å². The molecule has 0 bridgehead atoms. The lowest BCUT2D eigenvalue weighted by Crippen LogP contribution is -2.54. The van der Waals surface area contributed by atoms with Gasteiger partial charge in [0.2, 0.25) is 11.8 Å². The maximum Gasteiger partial charge on any atom is 0.284 e. The quantitative estimate of drug-likeness (QED) is 0.193. The third kappa shape index (κ3) is 8.26. The molecule has 19 heteroatoms. The first-order chi connectivity index (χ1) is 30.0. The highest BCUT2D eigenvalue weighted by molar-refractivity contribution is 6.25. The Morgan fingerprint density at radius 1 is 0.952 bits per heavy atom. The summed E-state index contributed by atoms with van der Waals surface area (Å²) in [7, 11) is 2.14. The van der Waals surface area contributed by atoms with Crippen LogP contribution in [0.4, 0.5) is 26.0 Å². The standard InChI is InChI=1S/C43H51F2N11O6/c1-51(15-11-26-12-16-52(17-13-26)32-4-2-3-29-36(32)43(61)56(42(29)60)33-9-10-35(57)49-41(33)59)24-27-5-7-28(8-6-27)55-25-31(37(50-55)38(44)45)47-40(58)30-23-46-54-18-14-34(48-39(30)54)53-19-21-62-22-20-53/h2-4,14,18,23,25-28,33,38H,5-13,15-17,19-22,24H2,1H3,(H,47,58)(H,49,57,59). The SMILES string of the molecule is CN(CCC1CCN(c2cccc3c2C(=O)N(C2CCC(=O)NC2=O)C3=O)CC1)CC1CCC(n2cc(NC(=O)c3cnn4ccc(N5CCOCC5)nc34)c(C(F)F)n2)CC1. The summed E-state index contributed by atoms with van der Waals surface area (Å²) in [6.07, 6.45) is 8.34. The van der Waals surface area contributed by atoms with Gasteiger partial charge in [0.1, 0.15) is 17.4 Å². The van der Waals surface area contributed by atoms with Gasteiger partial charge in [0.15, 0.2) is 11.3 Å². The van der Waals surface area contributed by atoms with Gasteiger partial charge in [0.05, 0.1) is 48.0 Å². The summed E-state index contributed by atoms with van der Waals surface area (Å²) in [6.45, 7) is 5.87. The summed E-state index contributed by atoms with van der Waals surface area (Å²) in [4.78, 5) is 77.0. The van der Waals surface area contributed by atoms with E-state index in [-0.39, 0.29) is 30.1 Å². The summed E-state index contributed by atoms with van der Waals surface area (Å²) >= 11 is 0. The average Bonchev–Trinajstić information content (AvgIpc) is 3.98. The van der Waals surface area contributed by atoms with E-state index < -0.39 is 47.7 Å². The Labute approximate surface area is 356 Å². The number of imide groups is 2. The van der Waals surface area contributed by atoms with E-state index in [1.165, 1.54) is 16.9 Å². The monoisotopic (exact) mass is 855 g/mol. The highest BCUT2D eigenvalue weighted by atomic mass is 19.3. The predicted octanol–water partition coefficient (Wildman–Crippen LogP) is 4.32. The molecule has 2 N–H and O–H groups in total. The minimum atomic E-state index is -2.87. The van der Waals surface area contributed by atoms with E-state index in [0.29, 0.717) is 66.4 Å². The number of piperidine rings is 2. The van der Waals surface area contributed by atoms with E-state index in [2.05, 4.69) is 47.6 Å². The van der Waals surface area contributed by atoms with Crippen molar-refractivity contribution in [1.29, 1.82) is 0 Å². The van der Waals surface area contributed by atoms with Crippen LogP contribution < -0.4 is 20.4 Å². The molecule has 4 fully saturated rings. The van der Waals surface area contributed by atoms with Crippen molar-refractivity contribution in [2.24, 2.45) is 11.8 Å². The Kier molecular flexibility index (Phi) is 11.7. The second-order valence-electron chi connectivity index (χ2n) is 17.2. The second-order valence-corrected chi connectivity index (χ2v) is 17.2. The van der Waals surface area contributed by atoms with Gasteiger partial charge in [0.25, 0.3) is 24.1 Å². The first-order valence-electron chi connectivity index (χ1n) is 21.7. The third-order valence-corrected chi connectivity index (χ3v) is 13.2. The highest BCUT2D eigenvalue weighted by Gasteiger charge is 2.46. The Morgan fingerprint density at radius 3 is 2.47 bits per heavy atom. The molecule has 1 atom stereocenters. The molecule has 62 heavy (non-hydrogen) atoms. The van der Waals surface area contributed by atoms with E-state index in [4.69, 9.17) is 4.74 Å². The molecule has 5 amide bonds. The third-order valence-electron chi connectivity index (χ3n) is 13.2. The number of amides is 5. The second kappa shape index (κ2) is 17.5. The number of hydrogen-bond acceptors (Lipinski definition) is 12. The molecule has 17 nitrogen and oxygen atoms in total. The zero-order valence-electron chi connectivity index (χ0n) is 34.7. The van der Waals surface area contributed by atoms with Crippen LogP contribution in [0.1, 0.15) is 107 Å². The van der Waals surface area contributed by atoms with Gasteiger partial charge in [0, 0.05) is 51.5 Å². The normalized spacial score (nSPS) is 22.6. The number of fused-ring (bicyclic) bond motifs is 2. The van der Waals surface area contributed by atoms with E-state index >= 15 is 0 Å². The Bertz CT molecular complexity index is 2360. The van der Waals surface area contributed by atoms with Gasteiger partial charge in [-0.15, -0.1) is 0 Å². The van der Waals surface area contributed by atoms with Crippen molar-refractivity contribution in [1.82, 2.24) is 39.5 Å². The van der Waals surface area contributed by atoms with Gasteiger partial charge < -0.3 is 24.8 Å². The Hall–Kier alpha value is -5.82. The van der Waals surface area contributed by atoms with Gasteiger partial charge in [-0.3, -0.25) is 38.9 Å². The lowest BCUT2D eigenvalue weighted by Gasteiger charge is -2.36. The van der Waals surface area contributed by atoms with Gasteiger partial charge in [-0.25, -0.2) is 18.3 Å². The maximum atomic E-state index is 14.3. The summed E-state index contributed by atoms with van der Waals surface area (Å²) < 4.78 is 37.1. The smallest absolute Gasteiger partial charge is 0.284 e. The van der Waals surface area contributed by atoms with Crippen LogP contribution in [0.3, 0.4) is 0 Å². The number of nitrogens with one attached hydrogen (secondary N) is 2. The summed E-state index contributed by atoms with van der Waals surface area (Å²) in [5.74, 6) is -0.929. The van der Waals surface area contributed by atoms with E-state index in [9.17, 15) is 32.8 Å². The summed E-state index contributed by atoms with van der Waals surface area (Å²) in [5.41, 5.74) is 1.37. The number of halogens is 2. The van der Waals surface area contributed by atoms with Crippen LogP contribution >= 0.6 is 0 Å². The molecule has 4 aliphatic heterocycles. The molecule has 1 saturated carbocycles. The van der Waals surface area contributed by atoms with E-state index in [1.807, 2.05) is 12.1 Å². The molecular formula is C43H51F2N11O6. The van der Waals surface area contributed by atoms with Crippen molar-refractivity contribution in [2.75, 3.05) is 74.6 Å². The molecule has 0 radical (unpaired) electrons. The van der Waals surface area contributed by atoms with Gasteiger partial charge in [-0.1, -0.05) is 6.07 Å². The lowest BCUT2D eigenvalue weighted by atomic mass is 9.85. The van der Waals surface area contributed by atoms with Crippen molar-refractivity contribution in [3.63, 3.8) is 0 Å². The molecule has 3 aromatic heterocycles. The van der Waals surface area contributed by atoms with Gasteiger partial charge >= 0.3 is 0 Å². The number of benzene rings is 1. The molecule has 1 aromatic carbocycles. The number of carbonyl (C=O) groups is 5. The fourth-order valence-electron chi connectivity index (χ4n) is 9.78. The Morgan fingerprint density at radius 2 is 1.73 bits per heavy atom. The van der Waals surface area contributed by atoms with Crippen molar-refractivity contribution in [2.45, 2.75) is 76.3 Å². The highest BCUT2D eigenvalue weighted by Crippen LogP contribution is 2.38. The number of aromatic nitrogens is 5. The number of morpholine rings is 1. The largest absolute Gasteiger partial charge is 0.378 e. The molecule has 5 aliphatic rings. The van der Waals surface area contributed by atoms with Crippen LogP contribution in [-0.4, -0.2) is 129 Å². The van der Waals surface area contributed by atoms with Crippen molar-refractivity contribution in [3.8, 4) is 0 Å². The lowest BCUT2D eigenvalue weighted by molar-refractivity contribution is -0.136. The molecule has 9 rings (SSSR count). The molecule has 1 unspecified atom stereocenters. The van der Waals surface area contributed by atoms with Crippen LogP contribution in [0.25, 0.3) is 5.65 Å². The molecule has 1 aliphatic carbocycles. The number of nitrogens with zero attached hydrogens (tertiary/aromatic N) is 9. The molecular weight excluding hydrogens is 805 g/mol. The molecule has 3 saturated heterocycles. The fraction of sp³-hybridized carbons (Fsp3) is 0.535. The molecule has 4 aromatic rings. The first kappa shape index (κ1) is 41.5. The zero-order chi connectivity index (χ0) is 43.1. The van der Waals surface area contributed by atoms with Gasteiger partial charge in [-0.2, -0.15) is 10.2 Å². The van der Waals surface area contributed by atoms with Crippen molar-refractivity contribution < 1.29 is 37.5 Å². The van der Waals surface area contributed by atoms with E-state index in [0.717, 1.165) is 76.0 Å². The first-order valence-corrected chi connectivity index (χ1v) is 21.7. The van der Waals surface area contributed by atoms with Crippen LogP contribution in [-0.2, 0) is 14.3 Å². The van der Waals surface area contributed by atoms with Crippen LogP contribution in [0.5, 0.6) is 0 Å². The average molecular weight is 856 g/mol.